The van der Waals surface area contributed by atoms with Crippen molar-refractivity contribution in [1.82, 2.24) is 30.4 Å². The van der Waals surface area contributed by atoms with Crippen LogP contribution in [0.5, 0.6) is 11.5 Å². The topological polar surface area (TPSA) is 201 Å². The van der Waals surface area contributed by atoms with E-state index in [1.54, 1.807) is 51.2 Å². The van der Waals surface area contributed by atoms with Gasteiger partial charge in [0.2, 0.25) is 17.7 Å². The summed E-state index contributed by atoms with van der Waals surface area (Å²) in [6.07, 6.45) is -2.20. The van der Waals surface area contributed by atoms with Crippen LogP contribution in [0.2, 0.25) is 0 Å². The van der Waals surface area contributed by atoms with Gasteiger partial charge in [-0.25, -0.2) is 9.97 Å². The van der Waals surface area contributed by atoms with Crippen molar-refractivity contribution in [3.63, 3.8) is 0 Å². The van der Waals surface area contributed by atoms with Gasteiger partial charge in [-0.1, -0.05) is 6.07 Å². The molecule has 19 heteroatoms. The number of nitrogens with two attached hydrogens (primary N) is 1. The summed E-state index contributed by atoms with van der Waals surface area (Å²) < 4.78 is 53.1. The predicted molar refractivity (Wildman–Crippen MR) is 230 cm³/mol. The number of nitrogens with one attached hydrogen (secondary N) is 3. The number of piperazine rings is 1. The standard InChI is InChI=1S/C45H50F3N9O7/c1-24(26-16-28(45(46,47)48)18-29(49)17-26)51-39-31-19-36(35(63-4)20-32(31)52-25(2)53-39)64-23-44(10-11-44)21-27(40(59)50-3)22-55-12-14-56(15-13-55)33-7-5-6-30-38(33)43(62)57(42(30)61)34-8-9-37(58)54-41(34)60/h5-7,16-20,24,27,34H,8-15,21-23,49H2,1-4H3,(H,50,59)(H,51,52,53)(H,54,58,60). The Labute approximate surface area is 367 Å². The van der Waals surface area contributed by atoms with Crippen molar-refractivity contribution >= 4 is 57.6 Å². The molecule has 0 bridgehead atoms. The van der Waals surface area contributed by atoms with Crippen molar-refractivity contribution < 1.29 is 46.6 Å². The number of carbonyl (C=O) groups is 5. The van der Waals surface area contributed by atoms with Gasteiger partial charge in [0.15, 0.2) is 11.5 Å². The Morgan fingerprint density at radius 3 is 2.44 bits per heavy atom. The molecule has 3 unspecified atom stereocenters. The van der Waals surface area contributed by atoms with E-state index in [9.17, 15) is 37.1 Å². The van der Waals surface area contributed by atoms with Crippen LogP contribution in [0.25, 0.3) is 10.9 Å². The number of carbonyl (C=O) groups excluding carboxylic acids is 5. The van der Waals surface area contributed by atoms with E-state index in [1.165, 1.54) is 13.2 Å². The lowest BCUT2D eigenvalue weighted by Crippen LogP contribution is -2.54. The van der Waals surface area contributed by atoms with Crippen molar-refractivity contribution in [1.29, 1.82) is 0 Å². The molecule has 1 aliphatic carbocycles. The molecule has 1 aromatic heterocycles. The average molecular weight is 886 g/mol. The van der Waals surface area contributed by atoms with Crippen LogP contribution >= 0.6 is 0 Å². The number of methoxy groups -OCH3 is 1. The number of amides is 5. The zero-order chi connectivity index (χ0) is 45.7. The number of aromatic nitrogens is 2. The van der Waals surface area contributed by atoms with Crippen LogP contribution in [-0.4, -0.2) is 109 Å². The highest BCUT2D eigenvalue weighted by molar-refractivity contribution is 6.25. The van der Waals surface area contributed by atoms with Crippen LogP contribution in [0.1, 0.15) is 82.7 Å². The number of aryl methyl sites for hydroxylation is 1. The Morgan fingerprint density at radius 2 is 1.77 bits per heavy atom. The molecule has 4 aromatic rings. The molecule has 5 N–H and O–H groups in total. The summed E-state index contributed by atoms with van der Waals surface area (Å²) in [5, 5.41) is 8.89. The fourth-order valence-electron chi connectivity index (χ4n) is 9.04. The number of hydrogen-bond donors (Lipinski definition) is 4. The van der Waals surface area contributed by atoms with Gasteiger partial charge in [-0.15, -0.1) is 0 Å². The average Bonchev–Trinajstić information content (AvgIpc) is 3.98. The molecule has 3 fully saturated rings. The summed E-state index contributed by atoms with van der Waals surface area (Å²) in [5.41, 5.74) is 6.67. The van der Waals surface area contributed by atoms with Crippen LogP contribution in [0.3, 0.4) is 0 Å². The van der Waals surface area contributed by atoms with Crippen molar-refractivity contribution in [3.8, 4) is 11.5 Å². The minimum Gasteiger partial charge on any atom is -0.493 e. The number of rotatable bonds is 14. The van der Waals surface area contributed by atoms with E-state index in [-0.39, 0.29) is 46.9 Å². The fraction of sp³-hybridized carbons (Fsp3) is 0.444. The van der Waals surface area contributed by atoms with Crippen LogP contribution in [0, 0.1) is 18.3 Å². The third-order valence-corrected chi connectivity index (χ3v) is 12.7. The van der Waals surface area contributed by atoms with E-state index in [4.69, 9.17) is 15.2 Å². The molecule has 338 valence electrons. The molecule has 3 atom stereocenters. The molecule has 16 nitrogen and oxygen atoms in total. The number of piperidine rings is 1. The molecule has 4 aliphatic rings. The highest BCUT2D eigenvalue weighted by atomic mass is 19.4. The lowest BCUT2D eigenvalue weighted by molar-refractivity contribution is -0.138. The molecule has 1 saturated carbocycles. The van der Waals surface area contributed by atoms with Crippen molar-refractivity contribution in [2.24, 2.45) is 11.3 Å². The second-order valence-corrected chi connectivity index (χ2v) is 17.1. The molecule has 3 aromatic carbocycles. The van der Waals surface area contributed by atoms with Gasteiger partial charge in [-0.05, 0) is 81.5 Å². The van der Waals surface area contributed by atoms with Crippen LogP contribution < -0.4 is 36.1 Å². The molecule has 0 radical (unpaired) electrons. The normalized spacial score (nSPS) is 19.6. The second-order valence-electron chi connectivity index (χ2n) is 17.1. The lowest BCUT2D eigenvalue weighted by atomic mass is 9.91. The third-order valence-electron chi connectivity index (χ3n) is 12.7. The van der Waals surface area contributed by atoms with Gasteiger partial charge in [0.25, 0.3) is 11.8 Å². The van der Waals surface area contributed by atoms with E-state index in [2.05, 4.69) is 30.8 Å². The SMILES string of the molecule is CNC(=O)C(CN1CCN(c2cccc3c2C(=O)N(C2CCC(=O)NC2=O)C3=O)CC1)CC1(COc2cc3c(NC(C)c4cc(N)cc(C(F)(F)F)c4)nc(C)nc3cc2OC)CC1. The smallest absolute Gasteiger partial charge is 0.416 e. The molecule has 4 heterocycles. The molecule has 0 spiro atoms. The second kappa shape index (κ2) is 17.2. The van der Waals surface area contributed by atoms with Crippen LogP contribution in [-0.2, 0) is 20.6 Å². The first kappa shape index (κ1) is 44.1. The largest absolute Gasteiger partial charge is 0.493 e. The lowest BCUT2D eigenvalue weighted by Gasteiger charge is -2.38. The molecule has 3 aliphatic heterocycles. The van der Waals surface area contributed by atoms with Gasteiger partial charge in [-0.3, -0.25) is 39.1 Å². The van der Waals surface area contributed by atoms with Gasteiger partial charge in [0.1, 0.15) is 17.7 Å². The number of ether oxygens (including phenoxy) is 2. The van der Waals surface area contributed by atoms with Crippen molar-refractivity contribution in [2.75, 3.05) is 69.4 Å². The molecule has 8 rings (SSSR count). The Balaban J connectivity index is 0.931. The van der Waals surface area contributed by atoms with Gasteiger partial charge in [0.05, 0.1) is 53.6 Å². The maximum Gasteiger partial charge on any atom is 0.416 e. The first-order valence-corrected chi connectivity index (χ1v) is 21.2. The fourth-order valence-corrected chi connectivity index (χ4v) is 9.04. The highest BCUT2D eigenvalue weighted by Gasteiger charge is 2.48. The number of anilines is 3. The van der Waals surface area contributed by atoms with Gasteiger partial charge < -0.3 is 30.7 Å². The zero-order valence-electron chi connectivity index (χ0n) is 35.9. The molecule has 64 heavy (non-hydrogen) atoms. The summed E-state index contributed by atoms with van der Waals surface area (Å²) in [5.74, 6) is -0.963. The third kappa shape index (κ3) is 8.85. The number of hydrogen-bond acceptors (Lipinski definition) is 13. The van der Waals surface area contributed by atoms with Crippen LogP contribution in [0.4, 0.5) is 30.4 Å². The summed E-state index contributed by atoms with van der Waals surface area (Å²) in [7, 11) is 3.14. The summed E-state index contributed by atoms with van der Waals surface area (Å²) in [4.78, 5) is 79.4. The van der Waals surface area contributed by atoms with E-state index >= 15 is 0 Å². The maximum atomic E-state index is 13.8. The van der Waals surface area contributed by atoms with Crippen molar-refractivity contribution in [2.45, 2.75) is 64.2 Å². The zero-order valence-corrected chi connectivity index (χ0v) is 35.9. The quantitative estimate of drug-likeness (QED) is 0.0990. The van der Waals surface area contributed by atoms with Crippen LogP contribution in [0.15, 0.2) is 48.5 Å². The van der Waals surface area contributed by atoms with Gasteiger partial charge >= 0.3 is 6.18 Å². The first-order valence-electron chi connectivity index (χ1n) is 21.2. The monoisotopic (exact) mass is 885 g/mol. The minimum absolute atomic E-state index is 0.00936. The van der Waals surface area contributed by atoms with E-state index in [1.807, 2.05) is 4.90 Å². The van der Waals surface area contributed by atoms with E-state index in [0.717, 1.165) is 29.9 Å². The highest BCUT2D eigenvalue weighted by Crippen LogP contribution is 2.52. The van der Waals surface area contributed by atoms with Crippen molar-refractivity contribution in [3.05, 3.63) is 76.6 Å². The maximum absolute atomic E-state index is 13.8. The number of imide groups is 2. The number of halogens is 3. The Hall–Kier alpha value is -6.50. The predicted octanol–water partition coefficient (Wildman–Crippen LogP) is 4.86. The number of alkyl halides is 3. The Kier molecular flexibility index (Phi) is 11.9. The minimum atomic E-state index is -4.56. The number of nitrogens with zero attached hydrogens (tertiary/aromatic N) is 5. The Bertz CT molecular complexity index is 2540. The van der Waals surface area contributed by atoms with Gasteiger partial charge in [-0.2, -0.15) is 13.2 Å². The van der Waals surface area contributed by atoms with Gasteiger partial charge in [0, 0.05) is 68.7 Å². The number of fused-ring (bicyclic) bond motifs is 2. The summed E-state index contributed by atoms with van der Waals surface area (Å²) in [6, 6.07) is 10.4. The summed E-state index contributed by atoms with van der Waals surface area (Å²) >= 11 is 0. The molecule has 5 amide bonds. The molecular weight excluding hydrogens is 836 g/mol. The molecule has 2 saturated heterocycles. The summed E-state index contributed by atoms with van der Waals surface area (Å²) in [6.45, 7) is 6.46. The number of benzene rings is 3. The first-order chi connectivity index (χ1) is 30.5. The number of nitrogen functional groups attached to an aromatic ring is 1. The molecular formula is C45H50F3N9O7. The Morgan fingerprint density at radius 1 is 1.02 bits per heavy atom. The van der Waals surface area contributed by atoms with E-state index < -0.39 is 47.5 Å². The van der Waals surface area contributed by atoms with E-state index in [0.29, 0.717) is 91.0 Å².